The van der Waals surface area contributed by atoms with Crippen LogP contribution < -0.4 is 4.74 Å². The lowest BCUT2D eigenvalue weighted by molar-refractivity contribution is 0.0524. The van der Waals surface area contributed by atoms with Gasteiger partial charge >= 0.3 is 5.97 Å². The maximum Gasteiger partial charge on any atom is 0.341 e. The average molecular weight is 351 g/mol. The summed E-state index contributed by atoms with van der Waals surface area (Å²) < 4.78 is 11.0. The first kappa shape index (κ1) is 15.4. The Hall–Kier alpha value is -1.95. The molecule has 5 nitrogen and oxygen atoms in total. The second-order valence-electron chi connectivity index (χ2n) is 4.26. The van der Waals surface area contributed by atoms with Crippen LogP contribution in [0.25, 0.3) is 11.4 Å². The second-order valence-corrected chi connectivity index (χ2v) is 5.12. The fourth-order valence-corrected chi connectivity index (χ4v) is 2.36. The zero-order valence-electron chi connectivity index (χ0n) is 12.0. The van der Waals surface area contributed by atoms with Gasteiger partial charge in [-0.05, 0) is 48.0 Å². The molecule has 0 aliphatic heterocycles. The minimum Gasteiger partial charge on any atom is -0.496 e. The summed E-state index contributed by atoms with van der Waals surface area (Å²) in [5, 5.41) is 0. The number of halogens is 1. The predicted octanol–water partition coefficient (Wildman–Crippen LogP) is 3.40. The van der Waals surface area contributed by atoms with Crippen molar-refractivity contribution >= 4 is 21.9 Å². The molecule has 110 valence electrons. The Bertz CT molecular complexity index is 674. The van der Waals surface area contributed by atoms with E-state index in [1.54, 1.807) is 21.0 Å². The molecule has 6 heteroatoms. The standard InChI is InChI=1S/C15H15BrN2O3/c1-4-21-15(19)11-8-17-14(18-9(11)2)10-5-6-13(20-3)12(16)7-10/h5-8H,4H2,1-3H3. The van der Waals surface area contributed by atoms with E-state index in [1.165, 1.54) is 6.20 Å². The zero-order chi connectivity index (χ0) is 15.4. The molecule has 0 unspecified atom stereocenters. The van der Waals surface area contributed by atoms with Gasteiger partial charge in [0.25, 0.3) is 0 Å². The highest BCUT2D eigenvalue weighted by Gasteiger charge is 2.14. The third-order valence-corrected chi connectivity index (χ3v) is 3.50. The Labute approximate surface area is 131 Å². The lowest BCUT2D eigenvalue weighted by Gasteiger charge is -2.08. The number of aryl methyl sites for hydroxylation is 1. The van der Waals surface area contributed by atoms with E-state index in [0.717, 1.165) is 15.8 Å². The number of hydrogen-bond acceptors (Lipinski definition) is 5. The van der Waals surface area contributed by atoms with Gasteiger partial charge in [-0.25, -0.2) is 14.8 Å². The first-order valence-corrected chi connectivity index (χ1v) is 7.20. The number of methoxy groups -OCH3 is 1. The Morgan fingerprint density at radius 2 is 2.14 bits per heavy atom. The number of esters is 1. The molecule has 0 atom stereocenters. The van der Waals surface area contributed by atoms with Gasteiger partial charge in [-0.3, -0.25) is 0 Å². The van der Waals surface area contributed by atoms with Gasteiger partial charge in [-0.1, -0.05) is 0 Å². The Kier molecular flexibility index (Phi) is 4.90. The van der Waals surface area contributed by atoms with Gasteiger partial charge in [0.15, 0.2) is 5.82 Å². The number of carbonyl (C=O) groups excluding carboxylic acids is 1. The molecule has 0 fully saturated rings. The molecule has 0 spiro atoms. The van der Waals surface area contributed by atoms with Gasteiger partial charge < -0.3 is 9.47 Å². The summed E-state index contributed by atoms with van der Waals surface area (Å²) in [5.74, 6) is 0.875. The summed E-state index contributed by atoms with van der Waals surface area (Å²) in [6.45, 7) is 3.85. The van der Waals surface area contributed by atoms with Crippen LogP contribution in [0.15, 0.2) is 28.9 Å². The lowest BCUT2D eigenvalue weighted by atomic mass is 10.2. The van der Waals surface area contributed by atoms with Gasteiger partial charge in [-0.2, -0.15) is 0 Å². The van der Waals surface area contributed by atoms with Crippen LogP contribution >= 0.6 is 15.9 Å². The van der Waals surface area contributed by atoms with Crippen molar-refractivity contribution in [1.29, 1.82) is 0 Å². The van der Waals surface area contributed by atoms with Crippen LogP contribution in [-0.2, 0) is 4.74 Å². The third-order valence-electron chi connectivity index (χ3n) is 2.88. The molecule has 0 aliphatic rings. The van der Waals surface area contributed by atoms with Crippen LogP contribution in [0.3, 0.4) is 0 Å². The van der Waals surface area contributed by atoms with E-state index in [2.05, 4.69) is 25.9 Å². The molecule has 1 aromatic heterocycles. The zero-order valence-corrected chi connectivity index (χ0v) is 13.6. The second kappa shape index (κ2) is 6.67. The summed E-state index contributed by atoms with van der Waals surface area (Å²) in [4.78, 5) is 20.3. The molecule has 2 aromatic rings. The molecule has 0 amide bonds. The van der Waals surface area contributed by atoms with Crippen molar-refractivity contribution in [1.82, 2.24) is 9.97 Å². The van der Waals surface area contributed by atoms with Gasteiger partial charge in [0, 0.05) is 11.8 Å². The highest BCUT2D eigenvalue weighted by Crippen LogP contribution is 2.29. The summed E-state index contributed by atoms with van der Waals surface area (Å²) in [6.07, 6.45) is 1.49. The molecule has 1 heterocycles. The van der Waals surface area contributed by atoms with Crippen molar-refractivity contribution < 1.29 is 14.3 Å². The van der Waals surface area contributed by atoms with E-state index < -0.39 is 5.97 Å². The fraction of sp³-hybridized carbons (Fsp3) is 0.267. The SMILES string of the molecule is CCOC(=O)c1cnc(-c2ccc(OC)c(Br)c2)nc1C. The Morgan fingerprint density at radius 3 is 2.71 bits per heavy atom. The third kappa shape index (κ3) is 3.39. The Morgan fingerprint density at radius 1 is 1.38 bits per heavy atom. The van der Waals surface area contributed by atoms with E-state index in [0.29, 0.717) is 23.7 Å². The molecule has 0 radical (unpaired) electrons. The highest BCUT2D eigenvalue weighted by molar-refractivity contribution is 9.10. The van der Waals surface area contributed by atoms with Crippen LogP contribution in [0.4, 0.5) is 0 Å². The molecular formula is C15H15BrN2O3. The normalized spacial score (nSPS) is 10.3. The maximum absolute atomic E-state index is 11.7. The average Bonchev–Trinajstić information content (AvgIpc) is 2.47. The lowest BCUT2D eigenvalue weighted by Crippen LogP contribution is -2.09. The highest BCUT2D eigenvalue weighted by atomic mass is 79.9. The first-order chi connectivity index (χ1) is 10.1. The van der Waals surface area contributed by atoms with Crippen molar-refractivity contribution in [2.24, 2.45) is 0 Å². The molecule has 1 aromatic carbocycles. The molecule has 0 N–H and O–H groups in total. The summed E-state index contributed by atoms with van der Waals surface area (Å²) in [5.41, 5.74) is 1.81. The molecule has 0 saturated carbocycles. The number of aromatic nitrogens is 2. The van der Waals surface area contributed by atoms with Crippen LogP contribution in [0.2, 0.25) is 0 Å². The molecule has 2 rings (SSSR count). The summed E-state index contributed by atoms with van der Waals surface area (Å²) in [6, 6.07) is 5.57. The smallest absolute Gasteiger partial charge is 0.341 e. The molecular weight excluding hydrogens is 336 g/mol. The Balaban J connectivity index is 2.36. The van der Waals surface area contributed by atoms with Gasteiger partial charge in [0.1, 0.15) is 5.75 Å². The quantitative estimate of drug-likeness (QED) is 0.790. The van der Waals surface area contributed by atoms with E-state index >= 15 is 0 Å². The minimum atomic E-state index is -0.405. The number of ether oxygens (including phenoxy) is 2. The predicted molar refractivity (Wildman–Crippen MR) is 82.4 cm³/mol. The van der Waals surface area contributed by atoms with E-state index in [1.807, 2.05) is 18.2 Å². The van der Waals surface area contributed by atoms with Crippen LogP contribution in [0.5, 0.6) is 5.75 Å². The number of hydrogen-bond donors (Lipinski definition) is 0. The molecule has 0 aliphatic carbocycles. The van der Waals surface area contributed by atoms with Crippen molar-refractivity contribution in [3.8, 4) is 17.1 Å². The minimum absolute atomic E-state index is 0.325. The summed E-state index contributed by atoms with van der Waals surface area (Å²) >= 11 is 3.43. The first-order valence-electron chi connectivity index (χ1n) is 6.41. The van der Waals surface area contributed by atoms with Crippen molar-refractivity contribution in [2.45, 2.75) is 13.8 Å². The summed E-state index contributed by atoms with van der Waals surface area (Å²) in [7, 11) is 1.61. The van der Waals surface area contributed by atoms with Gasteiger partial charge in [-0.15, -0.1) is 0 Å². The van der Waals surface area contributed by atoms with E-state index in [4.69, 9.17) is 9.47 Å². The van der Waals surface area contributed by atoms with Gasteiger partial charge in [0.05, 0.1) is 29.4 Å². The topological polar surface area (TPSA) is 61.3 Å². The van der Waals surface area contributed by atoms with E-state index in [9.17, 15) is 4.79 Å². The largest absolute Gasteiger partial charge is 0.496 e. The number of rotatable bonds is 4. The monoisotopic (exact) mass is 350 g/mol. The molecule has 21 heavy (non-hydrogen) atoms. The molecule has 0 bridgehead atoms. The van der Waals surface area contributed by atoms with Crippen molar-refractivity contribution in [2.75, 3.05) is 13.7 Å². The fourth-order valence-electron chi connectivity index (χ4n) is 1.82. The van der Waals surface area contributed by atoms with Crippen LogP contribution in [0.1, 0.15) is 23.0 Å². The number of carbonyl (C=O) groups is 1. The van der Waals surface area contributed by atoms with Gasteiger partial charge in [0.2, 0.25) is 0 Å². The molecule has 0 saturated heterocycles. The van der Waals surface area contributed by atoms with Crippen LogP contribution in [-0.4, -0.2) is 29.7 Å². The van der Waals surface area contributed by atoms with Crippen molar-refractivity contribution in [3.05, 3.63) is 40.1 Å². The van der Waals surface area contributed by atoms with Crippen molar-refractivity contribution in [3.63, 3.8) is 0 Å². The van der Waals surface area contributed by atoms with Crippen LogP contribution in [0, 0.1) is 6.92 Å². The van der Waals surface area contributed by atoms with E-state index in [-0.39, 0.29) is 0 Å². The maximum atomic E-state index is 11.7. The number of nitrogens with zero attached hydrogens (tertiary/aromatic N) is 2. The number of benzene rings is 1.